The van der Waals surface area contributed by atoms with Crippen molar-refractivity contribution in [3.63, 3.8) is 0 Å². The molecule has 0 saturated carbocycles. The zero-order chi connectivity index (χ0) is 14.8. The van der Waals surface area contributed by atoms with Gasteiger partial charge in [-0.25, -0.2) is 4.79 Å². The average Bonchev–Trinajstić information content (AvgIpc) is 2.65. The minimum absolute atomic E-state index is 0.235. The molecule has 1 heterocycles. The standard InChI is InChI=1S/C18H18O2S/c1-3-12(2)21-14-8-9-16-17(10-14)15-7-5-4-6-13(15)11-20-18(16)19/h4-10,12H,3,11H2,1-2H3. The summed E-state index contributed by atoms with van der Waals surface area (Å²) >= 11 is 1.85. The second kappa shape index (κ2) is 5.94. The lowest BCUT2D eigenvalue weighted by Crippen LogP contribution is -2.03. The Hall–Kier alpha value is -1.74. The van der Waals surface area contributed by atoms with Gasteiger partial charge >= 0.3 is 5.97 Å². The molecular formula is C18H18O2S. The number of fused-ring (bicyclic) bond motifs is 3. The number of ether oxygens (including phenoxy) is 1. The molecule has 0 radical (unpaired) electrons. The van der Waals surface area contributed by atoms with Crippen LogP contribution in [0.4, 0.5) is 0 Å². The van der Waals surface area contributed by atoms with Crippen molar-refractivity contribution >= 4 is 17.7 Å². The van der Waals surface area contributed by atoms with Crippen LogP contribution in [0.1, 0.15) is 36.2 Å². The van der Waals surface area contributed by atoms with E-state index >= 15 is 0 Å². The van der Waals surface area contributed by atoms with Crippen molar-refractivity contribution in [1.29, 1.82) is 0 Å². The van der Waals surface area contributed by atoms with E-state index in [4.69, 9.17) is 4.74 Å². The van der Waals surface area contributed by atoms with Crippen LogP contribution in [0.15, 0.2) is 47.4 Å². The van der Waals surface area contributed by atoms with Crippen LogP contribution in [0.2, 0.25) is 0 Å². The Morgan fingerprint density at radius 1 is 1.14 bits per heavy atom. The summed E-state index contributed by atoms with van der Waals surface area (Å²) in [5, 5.41) is 0.566. The van der Waals surface area contributed by atoms with E-state index in [9.17, 15) is 4.79 Å². The van der Waals surface area contributed by atoms with Crippen LogP contribution in [0.25, 0.3) is 11.1 Å². The zero-order valence-corrected chi connectivity index (χ0v) is 13.1. The zero-order valence-electron chi connectivity index (χ0n) is 12.3. The monoisotopic (exact) mass is 298 g/mol. The lowest BCUT2D eigenvalue weighted by atomic mass is 9.97. The highest BCUT2D eigenvalue weighted by atomic mass is 32.2. The molecule has 1 aliphatic rings. The van der Waals surface area contributed by atoms with Crippen LogP contribution < -0.4 is 0 Å². The van der Waals surface area contributed by atoms with Crippen LogP contribution in [0.3, 0.4) is 0 Å². The molecule has 21 heavy (non-hydrogen) atoms. The lowest BCUT2D eigenvalue weighted by molar-refractivity contribution is 0.0479. The summed E-state index contributed by atoms with van der Waals surface area (Å²) in [7, 11) is 0. The maximum Gasteiger partial charge on any atom is 0.339 e. The normalized spacial score (nSPS) is 14.7. The molecule has 0 bridgehead atoms. The Morgan fingerprint density at radius 2 is 1.95 bits per heavy atom. The fourth-order valence-electron chi connectivity index (χ4n) is 2.44. The van der Waals surface area contributed by atoms with E-state index in [0.717, 1.165) is 23.1 Å². The summed E-state index contributed by atoms with van der Waals surface area (Å²) in [6, 6.07) is 14.1. The minimum atomic E-state index is -0.235. The number of carbonyl (C=O) groups excluding carboxylic acids is 1. The average molecular weight is 298 g/mol. The van der Waals surface area contributed by atoms with E-state index in [1.807, 2.05) is 42.1 Å². The lowest BCUT2D eigenvalue weighted by Gasteiger charge is -2.12. The van der Waals surface area contributed by atoms with Gasteiger partial charge in [-0.15, -0.1) is 11.8 Å². The van der Waals surface area contributed by atoms with Gasteiger partial charge in [0, 0.05) is 10.1 Å². The molecule has 0 amide bonds. The number of carbonyl (C=O) groups is 1. The van der Waals surface area contributed by atoms with Gasteiger partial charge in [-0.1, -0.05) is 38.1 Å². The van der Waals surface area contributed by atoms with Gasteiger partial charge < -0.3 is 4.74 Å². The van der Waals surface area contributed by atoms with Crippen molar-refractivity contribution in [3.8, 4) is 11.1 Å². The summed E-state index contributed by atoms with van der Waals surface area (Å²) in [5.74, 6) is -0.235. The predicted octanol–water partition coefficient (Wildman–Crippen LogP) is 4.91. The molecule has 1 aliphatic heterocycles. The summed E-state index contributed by atoms with van der Waals surface area (Å²) < 4.78 is 5.35. The van der Waals surface area contributed by atoms with Gasteiger partial charge in [0.1, 0.15) is 6.61 Å². The number of hydrogen-bond donors (Lipinski definition) is 0. The third-order valence-electron chi connectivity index (χ3n) is 3.79. The molecule has 0 N–H and O–H groups in total. The maximum atomic E-state index is 12.1. The Bertz CT molecular complexity index is 679. The molecule has 0 saturated heterocycles. The van der Waals surface area contributed by atoms with E-state index < -0.39 is 0 Å². The van der Waals surface area contributed by atoms with Crippen molar-refractivity contribution in [3.05, 3.63) is 53.6 Å². The van der Waals surface area contributed by atoms with Crippen molar-refractivity contribution in [2.24, 2.45) is 0 Å². The SMILES string of the molecule is CCC(C)Sc1ccc2c(c1)-c1ccccc1COC2=O. The fraction of sp³-hybridized carbons (Fsp3) is 0.278. The number of rotatable bonds is 3. The smallest absolute Gasteiger partial charge is 0.339 e. The van der Waals surface area contributed by atoms with Crippen LogP contribution in [0, 0.1) is 0 Å². The molecule has 2 aromatic rings. The second-order valence-corrected chi connectivity index (χ2v) is 6.79. The van der Waals surface area contributed by atoms with Crippen molar-refractivity contribution in [1.82, 2.24) is 0 Å². The Morgan fingerprint density at radius 3 is 2.76 bits per heavy atom. The molecule has 0 spiro atoms. The van der Waals surface area contributed by atoms with E-state index in [2.05, 4.69) is 26.0 Å². The quantitative estimate of drug-likeness (QED) is 0.594. The molecule has 108 valence electrons. The first-order valence-corrected chi connectivity index (χ1v) is 8.13. The Kier molecular flexibility index (Phi) is 4.02. The van der Waals surface area contributed by atoms with Crippen molar-refractivity contribution < 1.29 is 9.53 Å². The van der Waals surface area contributed by atoms with Gasteiger partial charge in [0.2, 0.25) is 0 Å². The molecule has 2 aromatic carbocycles. The molecular weight excluding hydrogens is 280 g/mol. The first kappa shape index (κ1) is 14.2. The number of esters is 1. The summed E-state index contributed by atoms with van der Waals surface area (Å²) in [6.07, 6.45) is 1.13. The first-order valence-electron chi connectivity index (χ1n) is 7.25. The Labute approximate surface area is 129 Å². The minimum Gasteiger partial charge on any atom is -0.457 e. The summed E-state index contributed by atoms with van der Waals surface area (Å²) in [6.45, 7) is 4.75. The molecule has 1 unspecified atom stereocenters. The molecule has 3 heteroatoms. The van der Waals surface area contributed by atoms with Crippen molar-refractivity contribution in [2.75, 3.05) is 0 Å². The van der Waals surface area contributed by atoms with Crippen molar-refractivity contribution in [2.45, 2.75) is 37.0 Å². The topological polar surface area (TPSA) is 26.3 Å². The van der Waals surface area contributed by atoms with E-state index in [1.165, 1.54) is 4.90 Å². The van der Waals surface area contributed by atoms with Crippen LogP contribution in [-0.2, 0) is 11.3 Å². The molecule has 2 nitrogen and oxygen atoms in total. The highest BCUT2D eigenvalue weighted by molar-refractivity contribution is 7.99. The largest absolute Gasteiger partial charge is 0.457 e. The summed E-state index contributed by atoms with van der Waals surface area (Å²) in [4.78, 5) is 13.3. The van der Waals surface area contributed by atoms with Gasteiger partial charge in [-0.3, -0.25) is 0 Å². The second-order valence-electron chi connectivity index (χ2n) is 5.28. The molecule has 0 fully saturated rings. The van der Waals surface area contributed by atoms with Crippen LogP contribution in [0.5, 0.6) is 0 Å². The molecule has 0 aromatic heterocycles. The highest BCUT2D eigenvalue weighted by Crippen LogP contribution is 2.35. The predicted molar refractivity (Wildman–Crippen MR) is 86.6 cm³/mol. The molecule has 1 atom stereocenters. The molecule has 0 aliphatic carbocycles. The van der Waals surface area contributed by atoms with Gasteiger partial charge in [-0.05, 0) is 41.3 Å². The third-order valence-corrected chi connectivity index (χ3v) is 5.05. The third kappa shape index (κ3) is 2.84. The Balaban J connectivity index is 2.10. The van der Waals surface area contributed by atoms with Gasteiger partial charge in [0.25, 0.3) is 0 Å². The number of hydrogen-bond acceptors (Lipinski definition) is 3. The number of benzene rings is 2. The van der Waals surface area contributed by atoms with Gasteiger partial charge in [-0.2, -0.15) is 0 Å². The van der Waals surface area contributed by atoms with E-state index in [1.54, 1.807) is 0 Å². The number of thioether (sulfide) groups is 1. The van der Waals surface area contributed by atoms with Crippen LogP contribution in [-0.4, -0.2) is 11.2 Å². The van der Waals surface area contributed by atoms with Gasteiger partial charge in [0.15, 0.2) is 0 Å². The maximum absolute atomic E-state index is 12.1. The van der Waals surface area contributed by atoms with Crippen LogP contribution >= 0.6 is 11.8 Å². The van der Waals surface area contributed by atoms with Gasteiger partial charge in [0.05, 0.1) is 5.56 Å². The fourth-order valence-corrected chi connectivity index (χ4v) is 3.41. The van der Waals surface area contributed by atoms with E-state index in [0.29, 0.717) is 17.4 Å². The highest BCUT2D eigenvalue weighted by Gasteiger charge is 2.21. The summed E-state index contributed by atoms with van der Waals surface area (Å²) in [5.41, 5.74) is 3.81. The first-order chi connectivity index (χ1) is 10.2. The number of cyclic esters (lactones) is 1. The molecule has 3 rings (SSSR count). The van der Waals surface area contributed by atoms with E-state index in [-0.39, 0.29) is 5.97 Å².